The van der Waals surface area contributed by atoms with Gasteiger partial charge in [0.1, 0.15) is 0 Å². The fraction of sp³-hybridized carbons (Fsp3) is 0.429. The van der Waals surface area contributed by atoms with Crippen molar-refractivity contribution in [2.45, 2.75) is 31.3 Å². The number of benzene rings is 2. The van der Waals surface area contributed by atoms with Crippen molar-refractivity contribution >= 4 is 0 Å². The lowest BCUT2D eigenvalue weighted by Gasteiger charge is -2.33. The molecule has 1 atom stereocenters. The van der Waals surface area contributed by atoms with Crippen LogP contribution in [0.2, 0.25) is 0 Å². The molecule has 1 heterocycles. The van der Waals surface area contributed by atoms with E-state index in [1.807, 2.05) is 0 Å². The third-order valence-corrected chi connectivity index (χ3v) is 5.37. The first kappa shape index (κ1) is 14.9. The third kappa shape index (κ3) is 3.06. The van der Waals surface area contributed by atoms with E-state index in [9.17, 15) is 0 Å². The highest BCUT2D eigenvalue weighted by molar-refractivity contribution is 5.44. The van der Waals surface area contributed by atoms with E-state index in [4.69, 9.17) is 4.74 Å². The first-order valence-electron chi connectivity index (χ1n) is 8.77. The molecular weight excluding hydrogens is 282 g/mol. The SMILES string of the molecule is CN1CCOC(CC2c3ccccc3CCc3ccccc32)C1. The Morgan fingerprint density at radius 3 is 2.17 bits per heavy atom. The second-order valence-electron chi connectivity index (χ2n) is 6.94. The van der Waals surface area contributed by atoms with Crippen molar-refractivity contribution in [3.05, 3.63) is 70.8 Å². The second kappa shape index (κ2) is 6.46. The van der Waals surface area contributed by atoms with Crippen LogP contribution in [0, 0.1) is 0 Å². The van der Waals surface area contributed by atoms with Crippen LogP contribution in [0.3, 0.4) is 0 Å². The first-order chi connectivity index (χ1) is 11.3. The number of nitrogens with zero attached hydrogens (tertiary/aromatic N) is 1. The molecule has 120 valence electrons. The molecule has 2 aromatic carbocycles. The van der Waals surface area contributed by atoms with Gasteiger partial charge in [-0.25, -0.2) is 0 Å². The Kier molecular flexibility index (Phi) is 4.19. The Hall–Kier alpha value is -1.64. The van der Waals surface area contributed by atoms with Crippen LogP contribution in [0.25, 0.3) is 0 Å². The minimum atomic E-state index is 0.331. The van der Waals surface area contributed by atoms with Crippen LogP contribution >= 0.6 is 0 Å². The molecule has 23 heavy (non-hydrogen) atoms. The van der Waals surface area contributed by atoms with E-state index < -0.39 is 0 Å². The van der Waals surface area contributed by atoms with E-state index in [1.54, 1.807) is 0 Å². The first-order valence-corrected chi connectivity index (χ1v) is 8.77. The van der Waals surface area contributed by atoms with Gasteiger partial charge >= 0.3 is 0 Å². The molecule has 2 nitrogen and oxygen atoms in total. The van der Waals surface area contributed by atoms with E-state index in [0.717, 1.165) is 39.0 Å². The summed E-state index contributed by atoms with van der Waals surface area (Å²) in [6.45, 7) is 2.95. The van der Waals surface area contributed by atoms with E-state index in [1.165, 1.54) is 22.3 Å². The van der Waals surface area contributed by atoms with Crippen molar-refractivity contribution in [3.63, 3.8) is 0 Å². The number of aryl methyl sites for hydroxylation is 2. The zero-order valence-corrected chi connectivity index (χ0v) is 13.9. The minimum absolute atomic E-state index is 0.331. The molecule has 1 aliphatic heterocycles. The van der Waals surface area contributed by atoms with Gasteiger partial charge in [-0.3, -0.25) is 0 Å². The summed E-state index contributed by atoms with van der Waals surface area (Å²) in [5.74, 6) is 0.460. The molecule has 0 N–H and O–H groups in total. The average Bonchev–Trinajstić information content (AvgIpc) is 2.73. The van der Waals surface area contributed by atoms with Gasteiger partial charge in [0, 0.05) is 19.0 Å². The molecule has 4 rings (SSSR count). The van der Waals surface area contributed by atoms with Crippen LogP contribution in [0.15, 0.2) is 48.5 Å². The largest absolute Gasteiger partial charge is 0.376 e. The van der Waals surface area contributed by atoms with Crippen LogP contribution in [0.5, 0.6) is 0 Å². The number of ether oxygens (including phenoxy) is 1. The van der Waals surface area contributed by atoms with Crippen molar-refractivity contribution in [1.29, 1.82) is 0 Å². The van der Waals surface area contributed by atoms with Crippen molar-refractivity contribution < 1.29 is 4.74 Å². The maximum Gasteiger partial charge on any atom is 0.0711 e. The summed E-state index contributed by atoms with van der Waals surface area (Å²) >= 11 is 0. The van der Waals surface area contributed by atoms with Gasteiger partial charge in [0.15, 0.2) is 0 Å². The monoisotopic (exact) mass is 307 g/mol. The van der Waals surface area contributed by atoms with Gasteiger partial charge < -0.3 is 9.64 Å². The molecule has 0 spiro atoms. The quantitative estimate of drug-likeness (QED) is 0.840. The summed E-state index contributed by atoms with van der Waals surface area (Å²) in [5, 5.41) is 0. The van der Waals surface area contributed by atoms with Crippen LogP contribution in [-0.4, -0.2) is 37.7 Å². The lowest BCUT2D eigenvalue weighted by molar-refractivity contribution is -0.0250. The number of rotatable bonds is 2. The van der Waals surface area contributed by atoms with E-state index >= 15 is 0 Å². The minimum Gasteiger partial charge on any atom is -0.376 e. The lowest BCUT2D eigenvalue weighted by Crippen LogP contribution is -2.40. The molecule has 0 aromatic heterocycles. The summed E-state index contributed by atoms with van der Waals surface area (Å²) in [6.07, 6.45) is 3.71. The lowest BCUT2D eigenvalue weighted by atomic mass is 9.84. The molecule has 0 bridgehead atoms. The number of hydrogen-bond acceptors (Lipinski definition) is 2. The summed E-state index contributed by atoms with van der Waals surface area (Å²) < 4.78 is 6.08. The highest BCUT2D eigenvalue weighted by Crippen LogP contribution is 2.37. The second-order valence-corrected chi connectivity index (χ2v) is 6.94. The molecule has 2 aliphatic rings. The van der Waals surface area contributed by atoms with E-state index in [0.29, 0.717) is 12.0 Å². The van der Waals surface area contributed by atoms with Gasteiger partial charge in [-0.1, -0.05) is 48.5 Å². The van der Waals surface area contributed by atoms with Crippen molar-refractivity contribution in [1.82, 2.24) is 4.90 Å². The fourth-order valence-corrected chi connectivity index (χ4v) is 4.17. The Bertz CT molecular complexity index is 634. The van der Waals surface area contributed by atoms with Crippen molar-refractivity contribution in [3.8, 4) is 0 Å². The highest BCUT2D eigenvalue weighted by Gasteiger charge is 2.28. The molecule has 0 amide bonds. The van der Waals surface area contributed by atoms with Crippen LogP contribution in [0.4, 0.5) is 0 Å². The molecule has 0 saturated carbocycles. The van der Waals surface area contributed by atoms with E-state index in [-0.39, 0.29) is 0 Å². The van der Waals surface area contributed by atoms with Crippen LogP contribution in [-0.2, 0) is 17.6 Å². The third-order valence-electron chi connectivity index (χ3n) is 5.37. The maximum atomic E-state index is 6.08. The molecule has 1 saturated heterocycles. The molecular formula is C21H25NO. The Balaban J connectivity index is 1.71. The zero-order chi connectivity index (χ0) is 15.6. The van der Waals surface area contributed by atoms with Gasteiger partial charge in [-0.15, -0.1) is 0 Å². The average molecular weight is 307 g/mol. The predicted octanol–water partition coefficient (Wildman–Crippen LogP) is 3.64. The molecule has 2 aromatic rings. The predicted molar refractivity (Wildman–Crippen MR) is 94.0 cm³/mol. The highest BCUT2D eigenvalue weighted by atomic mass is 16.5. The molecule has 1 aliphatic carbocycles. The molecule has 0 radical (unpaired) electrons. The normalized spacial score (nSPS) is 22.2. The molecule has 1 fully saturated rings. The maximum absolute atomic E-state index is 6.08. The number of hydrogen-bond donors (Lipinski definition) is 0. The smallest absolute Gasteiger partial charge is 0.0711 e. The van der Waals surface area contributed by atoms with Gasteiger partial charge in [-0.05, 0) is 48.6 Å². The Labute approximate surface area is 139 Å². The standard InChI is InChI=1S/C21H25NO/c1-22-12-13-23-18(15-22)14-21-19-8-4-2-6-16(19)10-11-17-7-3-5-9-20(17)21/h2-9,18,21H,10-15H2,1H3. The Morgan fingerprint density at radius 2 is 1.57 bits per heavy atom. The summed E-state index contributed by atoms with van der Waals surface area (Å²) in [6, 6.07) is 18.0. The van der Waals surface area contributed by atoms with Crippen LogP contribution in [0.1, 0.15) is 34.6 Å². The van der Waals surface area contributed by atoms with Gasteiger partial charge in [0.25, 0.3) is 0 Å². The van der Waals surface area contributed by atoms with E-state index in [2.05, 4.69) is 60.5 Å². The summed E-state index contributed by atoms with van der Waals surface area (Å²) in [4.78, 5) is 2.39. The van der Waals surface area contributed by atoms with Gasteiger partial charge in [-0.2, -0.15) is 0 Å². The summed E-state index contributed by atoms with van der Waals surface area (Å²) in [7, 11) is 2.20. The zero-order valence-electron chi connectivity index (χ0n) is 13.9. The fourth-order valence-electron chi connectivity index (χ4n) is 4.17. The van der Waals surface area contributed by atoms with Crippen molar-refractivity contribution in [2.24, 2.45) is 0 Å². The summed E-state index contributed by atoms with van der Waals surface area (Å²) in [5.41, 5.74) is 6.04. The van der Waals surface area contributed by atoms with Crippen LogP contribution < -0.4 is 0 Å². The molecule has 2 heteroatoms. The molecule has 1 unspecified atom stereocenters. The van der Waals surface area contributed by atoms with Gasteiger partial charge in [0.2, 0.25) is 0 Å². The number of likely N-dealkylation sites (N-methyl/N-ethyl adjacent to an activating group) is 1. The van der Waals surface area contributed by atoms with Crippen molar-refractivity contribution in [2.75, 3.05) is 26.7 Å². The van der Waals surface area contributed by atoms with Gasteiger partial charge in [0.05, 0.1) is 12.7 Å². The Morgan fingerprint density at radius 1 is 0.957 bits per heavy atom. The topological polar surface area (TPSA) is 12.5 Å². The number of morpholine rings is 1. The number of fused-ring (bicyclic) bond motifs is 2.